The zero-order valence-electron chi connectivity index (χ0n) is 6.03. The number of nitrogens with one attached hydrogen (secondary N) is 2. The lowest BCUT2D eigenvalue weighted by atomic mass is 10.7. The molecule has 0 amide bonds. The molecular weight excluding hydrogens is 180 g/mol. The highest BCUT2D eigenvalue weighted by Crippen LogP contribution is 1.51. The van der Waals surface area contributed by atoms with E-state index < -0.39 is 5.69 Å². The number of aromatic amines is 2. The smallest absolute Gasteiger partial charge is 0.325 e. The number of nitrogens with two attached hydrogens (primary N) is 2. The Labute approximate surface area is 72.6 Å². The van der Waals surface area contributed by atoms with Crippen LogP contribution in [0.1, 0.15) is 0 Å². The van der Waals surface area contributed by atoms with Gasteiger partial charge in [-0.3, -0.25) is 9.78 Å². The first-order chi connectivity index (χ1) is 5.52. The van der Waals surface area contributed by atoms with Crippen LogP contribution in [0.2, 0.25) is 0 Å². The molecule has 66 valence electrons. The fourth-order valence-electron chi connectivity index (χ4n) is 0.383. The van der Waals surface area contributed by atoms with E-state index in [0.717, 1.165) is 0 Å². The third kappa shape index (κ3) is 6.49. The van der Waals surface area contributed by atoms with Gasteiger partial charge in [0, 0.05) is 12.3 Å². The molecule has 0 saturated carbocycles. The van der Waals surface area contributed by atoms with E-state index in [1.807, 2.05) is 4.98 Å². The van der Waals surface area contributed by atoms with Crippen LogP contribution in [0.15, 0.2) is 21.9 Å². The van der Waals surface area contributed by atoms with Crippen LogP contribution in [0.5, 0.6) is 0 Å². The van der Waals surface area contributed by atoms with Crippen molar-refractivity contribution >= 4 is 17.3 Å². The summed E-state index contributed by atoms with van der Waals surface area (Å²) in [4.78, 5) is 24.7. The Balaban J connectivity index is 0.000000261. The lowest BCUT2D eigenvalue weighted by Crippen LogP contribution is -2.19. The third-order valence-electron chi connectivity index (χ3n) is 0.686. The Morgan fingerprint density at radius 2 is 1.92 bits per heavy atom. The lowest BCUT2D eigenvalue weighted by molar-refractivity contribution is 1.04. The van der Waals surface area contributed by atoms with E-state index in [4.69, 9.17) is 0 Å². The number of rotatable bonds is 0. The van der Waals surface area contributed by atoms with Crippen molar-refractivity contribution < 1.29 is 0 Å². The van der Waals surface area contributed by atoms with Gasteiger partial charge >= 0.3 is 5.69 Å². The fraction of sp³-hybridized carbons (Fsp3) is 0. The molecule has 1 rings (SSSR count). The Bertz CT molecular complexity index is 325. The Kier molecular flexibility index (Phi) is 4.39. The highest BCUT2D eigenvalue weighted by atomic mass is 32.1. The summed E-state index contributed by atoms with van der Waals surface area (Å²) in [5, 5.41) is 0.000000000000000222. The summed E-state index contributed by atoms with van der Waals surface area (Å²) in [6.45, 7) is 0. The van der Waals surface area contributed by atoms with Crippen LogP contribution in [0, 0.1) is 0 Å². The molecule has 1 aromatic rings. The third-order valence-corrected chi connectivity index (χ3v) is 0.686. The lowest BCUT2D eigenvalue weighted by Gasteiger charge is -1.75. The highest BCUT2D eigenvalue weighted by molar-refractivity contribution is 7.80. The largest absolute Gasteiger partial charge is 0.377 e. The van der Waals surface area contributed by atoms with Crippen molar-refractivity contribution in [1.29, 1.82) is 0 Å². The van der Waals surface area contributed by atoms with Crippen LogP contribution in [-0.2, 0) is 0 Å². The molecule has 7 heteroatoms. The quantitative estimate of drug-likeness (QED) is 0.360. The van der Waals surface area contributed by atoms with Crippen molar-refractivity contribution in [2.24, 2.45) is 11.5 Å². The van der Waals surface area contributed by atoms with Crippen molar-refractivity contribution in [2.75, 3.05) is 0 Å². The topological polar surface area (TPSA) is 118 Å². The molecule has 12 heavy (non-hydrogen) atoms. The fourth-order valence-corrected chi connectivity index (χ4v) is 0.383. The molecule has 0 aliphatic rings. The first-order valence-corrected chi connectivity index (χ1v) is 3.26. The maximum Gasteiger partial charge on any atom is 0.325 e. The van der Waals surface area contributed by atoms with Crippen molar-refractivity contribution in [3.63, 3.8) is 0 Å². The van der Waals surface area contributed by atoms with E-state index in [9.17, 15) is 9.59 Å². The first kappa shape index (κ1) is 10.4. The molecule has 0 aliphatic carbocycles. The summed E-state index contributed by atoms with van der Waals surface area (Å²) in [6.07, 6.45) is 1.29. The molecule has 0 saturated heterocycles. The predicted molar refractivity (Wildman–Crippen MR) is 48.7 cm³/mol. The monoisotopic (exact) mass is 188 g/mol. The van der Waals surface area contributed by atoms with E-state index in [-0.39, 0.29) is 10.7 Å². The number of thiocarbonyl (C=S) groups is 1. The van der Waals surface area contributed by atoms with Gasteiger partial charge in [0.05, 0.1) is 0 Å². The molecule has 0 radical (unpaired) electrons. The van der Waals surface area contributed by atoms with Gasteiger partial charge in [0.25, 0.3) is 5.56 Å². The van der Waals surface area contributed by atoms with E-state index in [0.29, 0.717) is 0 Å². The number of hydrogen-bond donors (Lipinski definition) is 4. The number of aromatic nitrogens is 2. The van der Waals surface area contributed by atoms with Gasteiger partial charge in [-0.05, 0) is 12.2 Å². The minimum atomic E-state index is -0.475. The summed E-state index contributed by atoms with van der Waals surface area (Å²) in [7, 11) is 0. The van der Waals surface area contributed by atoms with Crippen molar-refractivity contribution in [1.82, 2.24) is 9.97 Å². The summed E-state index contributed by atoms with van der Waals surface area (Å²) in [5.74, 6) is 0. The zero-order valence-corrected chi connectivity index (χ0v) is 6.85. The first-order valence-electron chi connectivity index (χ1n) is 2.85. The molecular formula is C5H8N4O2S. The maximum atomic E-state index is 10.2. The van der Waals surface area contributed by atoms with Crippen molar-refractivity contribution in [2.45, 2.75) is 0 Å². The second-order valence-corrected chi connectivity index (χ2v) is 2.17. The summed E-state index contributed by atoms with van der Waals surface area (Å²) in [6, 6.07) is 1.24. The Morgan fingerprint density at radius 3 is 2.17 bits per heavy atom. The number of hydrogen-bond acceptors (Lipinski definition) is 3. The molecule has 1 aromatic heterocycles. The maximum absolute atomic E-state index is 10.2. The summed E-state index contributed by atoms with van der Waals surface area (Å²) >= 11 is 4.09. The molecule has 0 aliphatic heterocycles. The highest BCUT2D eigenvalue weighted by Gasteiger charge is 1.77. The van der Waals surface area contributed by atoms with E-state index in [1.165, 1.54) is 12.3 Å². The van der Waals surface area contributed by atoms with Gasteiger partial charge in [-0.2, -0.15) is 0 Å². The van der Waals surface area contributed by atoms with Gasteiger partial charge in [0.2, 0.25) is 0 Å². The molecule has 0 atom stereocenters. The van der Waals surface area contributed by atoms with Crippen LogP contribution in [0.3, 0.4) is 0 Å². The van der Waals surface area contributed by atoms with Crippen molar-refractivity contribution in [3.8, 4) is 0 Å². The minimum Gasteiger partial charge on any atom is -0.377 e. The van der Waals surface area contributed by atoms with Crippen LogP contribution in [-0.4, -0.2) is 15.1 Å². The van der Waals surface area contributed by atoms with Gasteiger partial charge in [-0.1, -0.05) is 0 Å². The van der Waals surface area contributed by atoms with Crippen LogP contribution >= 0.6 is 12.2 Å². The van der Waals surface area contributed by atoms with E-state index in [1.54, 1.807) is 0 Å². The van der Waals surface area contributed by atoms with Gasteiger partial charge in [0.15, 0.2) is 5.11 Å². The molecule has 0 spiro atoms. The van der Waals surface area contributed by atoms with Crippen molar-refractivity contribution in [3.05, 3.63) is 33.1 Å². The van der Waals surface area contributed by atoms with Gasteiger partial charge in [0.1, 0.15) is 0 Å². The van der Waals surface area contributed by atoms with E-state index >= 15 is 0 Å². The van der Waals surface area contributed by atoms with Crippen LogP contribution < -0.4 is 22.7 Å². The summed E-state index contributed by atoms with van der Waals surface area (Å²) in [5.41, 5.74) is 8.39. The van der Waals surface area contributed by atoms with Gasteiger partial charge in [-0.15, -0.1) is 0 Å². The van der Waals surface area contributed by atoms with Gasteiger partial charge < -0.3 is 16.5 Å². The molecule has 6 N–H and O–H groups in total. The summed E-state index contributed by atoms with van der Waals surface area (Å²) < 4.78 is 0. The van der Waals surface area contributed by atoms with Gasteiger partial charge in [-0.25, -0.2) is 4.79 Å². The Morgan fingerprint density at radius 1 is 1.42 bits per heavy atom. The molecule has 1 heterocycles. The average molecular weight is 188 g/mol. The SMILES string of the molecule is NC(N)=S.O=c1cc[nH]c(=O)[nH]1. The normalized spacial score (nSPS) is 8.00. The zero-order chi connectivity index (χ0) is 9.56. The Hall–Kier alpha value is -1.63. The predicted octanol–water partition coefficient (Wildman–Crippen LogP) is -1.75. The second kappa shape index (κ2) is 5.08. The average Bonchev–Trinajstić information content (AvgIpc) is 1.84. The van der Waals surface area contributed by atoms with Crippen LogP contribution in [0.4, 0.5) is 0 Å². The van der Waals surface area contributed by atoms with E-state index in [2.05, 4.69) is 28.7 Å². The standard InChI is InChI=1S/C4H4N2O2.CH4N2S/c7-3-1-2-5-4(8)6-3;2-1(3)4/h1-2H,(H2,5,6,7,8);(H4,2,3,4). The number of H-pyrrole nitrogens is 2. The molecule has 0 aromatic carbocycles. The minimum absolute atomic E-state index is 0.000000000000000222. The van der Waals surface area contributed by atoms with Crippen LogP contribution in [0.25, 0.3) is 0 Å². The molecule has 0 bridgehead atoms. The molecule has 0 fully saturated rings. The second-order valence-electron chi connectivity index (χ2n) is 1.70. The molecule has 6 nitrogen and oxygen atoms in total. The molecule has 0 unspecified atom stereocenters.